The highest BCUT2D eigenvalue weighted by atomic mass is 16.1. The number of aromatic nitrogens is 4. The van der Waals surface area contributed by atoms with Crippen molar-refractivity contribution in [3.05, 3.63) is 58.3 Å². The lowest BCUT2D eigenvalue weighted by Gasteiger charge is -2.06. The summed E-state index contributed by atoms with van der Waals surface area (Å²) in [6, 6.07) is 8.11. The van der Waals surface area contributed by atoms with Crippen molar-refractivity contribution in [3.63, 3.8) is 0 Å². The first-order valence-electron chi connectivity index (χ1n) is 5.69. The van der Waals surface area contributed by atoms with E-state index in [0.717, 1.165) is 0 Å². The van der Waals surface area contributed by atoms with Crippen molar-refractivity contribution in [1.82, 2.24) is 19.7 Å². The summed E-state index contributed by atoms with van der Waals surface area (Å²) < 4.78 is 1.74. The van der Waals surface area contributed by atoms with Gasteiger partial charge in [-0.25, -0.2) is 9.67 Å². The van der Waals surface area contributed by atoms with Gasteiger partial charge in [-0.05, 0) is 18.1 Å². The Morgan fingerprint density at radius 1 is 1.33 bits per heavy atom. The third-order valence-corrected chi connectivity index (χ3v) is 3.02. The van der Waals surface area contributed by atoms with E-state index in [0.29, 0.717) is 17.6 Å². The molecule has 0 radical (unpaired) electrons. The zero-order chi connectivity index (χ0) is 12.5. The average molecular weight is 240 g/mol. The molecule has 2 aromatic heterocycles. The molecule has 0 atom stereocenters. The number of nitrogens with zero attached hydrogens (tertiary/aromatic N) is 3. The lowest BCUT2D eigenvalue weighted by atomic mass is 10.1. The highest BCUT2D eigenvalue weighted by Gasteiger charge is 2.08. The summed E-state index contributed by atoms with van der Waals surface area (Å²) in [5.41, 5.74) is 2.83. The Kier molecular flexibility index (Phi) is 2.44. The lowest BCUT2D eigenvalue weighted by Crippen LogP contribution is -2.08. The van der Waals surface area contributed by atoms with Gasteiger partial charge in [0.15, 0.2) is 5.65 Å². The van der Waals surface area contributed by atoms with E-state index in [1.807, 2.05) is 12.1 Å². The molecule has 0 aliphatic heterocycles. The van der Waals surface area contributed by atoms with Crippen LogP contribution in [-0.2, 0) is 6.54 Å². The fourth-order valence-electron chi connectivity index (χ4n) is 1.97. The van der Waals surface area contributed by atoms with Crippen LogP contribution in [-0.4, -0.2) is 19.7 Å². The largest absolute Gasteiger partial charge is 0.312 e. The average Bonchev–Trinajstić information content (AvgIpc) is 2.77. The van der Waals surface area contributed by atoms with E-state index < -0.39 is 0 Å². The maximum Gasteiger partial charge on any atom is 0.261 e. The van der Waals surface area contributed by atoms with Crippen molar-refractivity contribution in [2.24, 2.45) is 0 Å². The molecule has 0 aliphatic carbocycles. The molecule has 0 saturated carbocycles. The van der Waals surface area contributed by atoms with Gasteiger partial charge in [0.2, 0.25) is 0 Å². The van der Waals surface area contributed by atoms with Crippen LogP contribution < -0.4 is 5.56 Å². The van der Waals surface area contributed by atoms with Gasteiger partial charge in [0.1, 0.15) is 5.39 Å². The summed E-state index contributed by atoms with van der Waals surface area (Å²) in [6.07, 6.45) is 2.96. The molecule has 0 unspecified atom stereocenters. The second-order valence-corrected chi connectivity index (χ2v) is 4.20. The molecule has 5 heteroatoms. The van der Waals surface area contributed by atoms with Crippen molar-refractivity contribution < 1.29 is 0 Å². The molecular formula is C13H12N4O. The lowest BCUT2D eigenvalue weighted by molar-refractivity contribution is 0.700. The second kappa shape index (κ2) is 4.10. The number of aromatic amines is 1. The van der Waals surface area contributed by atoms with Crippen LogP contribution in [0.25, 0.3) is 11.0 Å². The molecule has 0 spiro atoms. The Bertz CT molecular complexity index is 757. The number of aryl methyl sites for hydroxylation is 1. The summed E-state index contributed by atoms with van der Waals surface area (Å²) in [6.45, 7) is 2.67. The second-order valence-electron chi connectivity index (χ2n) is 4.20. The van der Waals surface area contributed by atoms with Crippen LogP contribution in [0.5, 0.6) is 0 Å². The number of H-pyrrole nitrogens is 1. The van der Waals surface area contributed by atoms with Crippen molar-refractivity contribution >= 4 is 11.0 Å². The fraction of sp³-hybridized carbons (Fsp3) is 0.154. The topological polar surface area (TPSA) is 63.6 Å². The third kappa shape index (κ3) is 1.69. The van der Waals surface area contributed by atoms with E-state index in [9.17, 15) is 4.79 Å². The molecule has 0 saturated heterocycles. The molecule has 3 aromatic rings. The molecule has 0 amide bonds. The van der Waals surface area contributed by atoms with Gasteiger partial charge >= 0.3 is 0 Å². The molecule has 90 valence electrons. The van der Waals surface area contributed by atoms with E-state index >= 15 is 0 Å². The van der Waals surface area contributed by atoms with E-state index in [2.05, 4.69) is 34.1 Å². The first-order chi connectivity index (χ1) is 8.75. The number of hydrogen-bond donors (Lipinski definition) is 1. The Morgan fingerprint density at radius 2 is 2.17 bits per heavy atom. The smallest absolute Gasteiger partial charge is 0.261 e. The number of rotatable bonds is 2. The van der Waals surface area contributed by atoms with Gasteiger partial charge in [-0.15, -0.1) is 0 Å². The highest BCUT2D eigenvalue weighted by Crippen LogP contribution is 2.11. The Morgan fingerprint density at radius 3 is 3.00 bits per heavy atom. The van der Waals surface area contributed by atoms with Crippen LogP contribution in [0.4, 0.5) is 0 Å². The standard InChI is InChI=1S/C13H12N4O/c1-9-4-2-3-5-10(9)7-17-12-11(6-16-17)13(18)15-8-14-12/h2-6,8H,7H2,1H3,(H,14,15,18). The molecule has 2 heterocycles. The van der Waals surface area contributed by atoms with Gasteiger partial charge in [-0.2, -0.15) is 5.10 Å². The molecule has 1 aromatic carbocycles. The molecule has 3 rings (SSSR count). The van der Waals surface area contributed by atoms with Crippen molar-refractivity contribution in [1.29, 1.82) is 0 Å². The van der Waals surface area contributed by atoms with E-state index in [4.69, 9.17) is 0 Å². The molecule has 5 nitrogen and oxygen atoms in total. The molecule has 0 fully saturated rings. The molecule has 0 aliphatic rings. The van der Waals surface area contributed by atoms with Gasteiger partial charge in [-0.1, -0.05) is 24.3 Å². The van der Waals surface area contributed by atoms with Crippen LogP contribution >= 0.6 is 0 Å². The SMILES string of the molecule is Cc1ccccc1Cn1ncc2c(=O)[nH]cnc21. The summed E-state index contributed by atoms with van der Waals surface area (Å²) in [5, 5.41) is 4.75. The van der Waals surface area contributed by atoms with Crippen molar-refractivity contribution in [2.75, 3.05) is 0 Å². The summed E-state index contributed by atoms with van der Waals surface area (Å²) in [4.78, 5) is 18.3. The molecule has 18 heavy (non-hydrogen) atoms. The first-order valence-corrected chi connectivity index (χ1v) is 5.69. The van der Waals surface area contributed by atoms with Crippen LogP contribution in [0.1, 0.15) is 11.1 Å². The highest BCUT2D eigenvalue weighted by molar-refractivity contribution is 5.72. The minimum atomic E-state index is -0.156. The number of nitrogens with one attached hydrogen (secondary N) is 1. The van der Waals surface area contributed by atoms with Crippen LogP contribution in [0.15, 0.2) is 41.6 Å². The maximum atomic E-state index is 11.6. The van der Waals surface area contributed by atoms with Crippen molar-refractivity contribution in [2.45, 2.75) is 13.5 Å². The number of fused-ring (bicyclic) bond motifs is 1. The predicted octanol–water partition coefficient (Wildman–Crippen LogP) is 1.48. The minimum absolute atomic E-state index is 0.156. The Labute approximate surface area is 103 Å². The summed E-state index contributed by atoms with van der Waals surface area (Å²) >= 11 is 0. The van der Waals surface area contributed by atoms with Gasteiger partial charge in [0, 0.05) is 0 Å². The predicted molar refractivity (Wildman–Crippen MR) is 68.4 cm³/mol. The van der Waals surface area contributed by atoms with Gasteiger partial charge in [0.05, 0.1) is 19.1 Å². The van der Waals surface area contributed by atoms with Gasteiger partial charge in [-0.3, -0.25) is 4.79 Å². The number of hydrogen-bond acceptors (Lipinski definition) is 3. The maximum absolute atomic E-state index is 11.6. The fourth-order valence-corrected chi connectivity index (χ4v) is 1.97. The Balaban J connectivity index is 2.09. The van der Waals surface area contributed by atoms with E-state index in [1.54, 1.807) is 10.9 Å². The molecular weight excluding hydrogens is 228 g/mol. The summed E-state index contributed by atoms with van der Waals surface area (Å²) in [5.74, 6) is 0. The quantitative estimate of drug-likeness (QED) is 0.737. The van der Waals surface area contributed by atoms with Crippen LogP contribution in [0, 0.1) is 6.92 Å². The van der Waals surface area contributed by atoms with E-state index in [-0.39, 0.29) is 5.56 Å². The van der Waals surface area contributed by atoms with Crippen molar-refractivity contribution in [3.8, 4) is 0 Å². The van der Waals surface area contributed by atoms with Gasteiger partial charge < -0.3 is 4.98 Å². The Hall–Kier alpha value is -2.43. The van der Waals surface area contributed by atoms with E-state index in [1.165, 1.54) is 17.5 Å². The monoisotopic (exact) mass is 240 g/mol. The van der Waals surface area contributed by atoms with Crippen LogP contribution in [0.3, 0.4) is 0 Å². The first kappa shape index (κ1) is 10.7. The zero-order valence-corrected chi connectivity index (χ0v) is 9.92. The summed E-state index contributed by atoms with van der Waals surface area (Å²) in [7, 11) is 0. The molecule has 0 bridgehead atoms. The minimum Gasteiger partial charge on any atom is -0.312 e. The molecule has 1 N–H and O–H groups in total. The third-order valence-electron chi connectivity index (χ3n) is 3.02. The van der Waals surface area contributed by atoms with Gasteiger partial charge in [0.25, 0.3) is 5.56 Å². The number of benzene rings is 1. The van der Waals surface area contributed by atoms with Crippen LogP contribution in [0.2, 0.25) is 0 Å². The normalized spacial score (nSPS) is 10.9. The zero-order valence-electron chi connectivity index (χ0n) is 9.92.